The first-order chi connectivity index (χ1) is 7.83. The average molecular weight is 214 g/mol. The predicted molar refractivity (Wildman–Crippen MR) is 65.4 cm³/mol. The van der Waals surface area contributed by atoms with Crippen LogP contribution in [0.4, 0.5) is 11.4 Å². The Hall–Kier alpha value is -1.95. The average Bonchev–Trinajstić information content (AvgIpc) is 2.51. The van der Waals surface area contributed by atoms with Crippen LogP contribution in [-0.2, 0) is 4.79 Å². The summed E-state index contributed by atoms with van der Waals surface area (Å²) in [5.74, 6) is 5.12. The first kappa shape index (κ1) is 10.6. The van der Waals surface area contributed by atoms with Gasteiger partial charge in [-0.3, -0.25) is 9.69 Å². The normalized spacial score (nSPS) is 13.9. The summed E-state index contributed by atoms with van der Waals surface area (Å²) < 4.78 is 0. The summed E-state index contributed by atoms with van der Waals surface area (Å²) in [5.41, 5.74) is 1.93. The number of carbonyl (C=O) groups is 1. The Bertz CT molecular complexity index is 456. The van der Waals surface area contributed by atoms with Gasteiger partial charge in [-0.2, -0.15) is 0 Å². The molecule has 3 heteroatoms. The summed E-state index contributed by atoms with van der Waals surface area (Å²) in [6, 6.07) is 7.83. The number of nitrogens with one attached hydrogen (secondary N) is 1. The lowest BCUT2D eigenvalue weighted by Gasteiger charge is -2.19. The molecule has 1 amide bonds. The molecule has 1 aliphatic heterocycles. The van der Waals surface area contributed by atoms with E-state index in [1.807, 2.05) is 24.3 Å². The summed E-state index contributed by atoms with van der Waals surface area (Å²) in [6.45, 7) is 3.29. The maximum absolute atomic E-state index is 11.8. The second-order valence-electron chi connectivity index (χ2n) is 3.63. The van der Waals surface area contributed by atoms with E-state index in [9.17, 15) is 4.79 Å². The third-order valence-corrected chi connectivity index (χ3v) is 2.55. The largest absolute Gasteiger partial charge is 0.383 e. The van der Waals surface area contributed by atoms with Crippen molar-refractivity contribution in [3.8, 4) is 11.8 Å². The van der Waals surface area contributed by atoms with E-state index in [1.54, 1.807) is 11.8 Å². The zero-order valence-corrected chi connectivity index (χ0v) is 9.29. The zero-order chi connectivity index (χ0) is 11.4. The molecule has 0 aliphatic carbocycles. The molecule has 1 aromatic rings. The van der Waals surface area contributed by atoms with Crippen molar-refractivity contribution in [3.63, 3.8) is 0 Å². The highest BCUT2D eigenvalue weighted by Gasteiger charge is 2.18. The zero-order valence-electron chi connectivity index (χ0n) is 9.29. The molecule has 1 heterocycles. The lowest BCUT2D eigenvalue weighted by atomic mass is 10.2. The van der Waals surface area contributed by atoms with Crippen molar-refractivity contribution in [1.29, 1.82) is 0 Å². The van der Waals surface area contributed by atoms with Gasteiger partial charge < -0.3 is 5.32 Å². The van der Waals surface area contributed by atoms with Gasteiger partial charge in [-0.25, -0.2) is 0 Å². The monoisotopic (exact) mass is 214 g/mol. The van der Waals surface area contributed by atoms with Crippen molar-refractivity contribution in [3.05, 3.63) is 24.3 Å². The highest BCUT2D eigenvalue weighted by atomic mass is 16.2. The van der Waals surface area contributed by atoms with Crippen LogP contribution in [0.1, 0.15) is 13.3 Å². The lowest BCUT2D eigenvalue weighted by Crippen LogP contribution is -2.30. The quantitative estimate of drug-likeness (QED) is 0.668. The van der Waals surface area contributed by atoms with Gasteiger partial charge in [-0.15, -0.1) is 0 Å². The Morgan fingerprint density at radius 3 is 3.06 bits per heavy atom. The number of fused-ring (bicyclic) bond motifs is 1. The van der Waals surface area contributed by atoms with E-state index in [2.05, 4.69) is 17.2 Å². The number of nitrogens with zero attached hydrogens (tertiary/aromatic N) is 1. The minimum atomic E-state index is -0.126. The minimum Gasteiger partial charge on any atom is -0.383 e. The fourth-order valence-corrected chi connectivity index (χ4v) is 1.82. The Balaban J connectivity index is 2.38. The van der Waals surface area contributed by atoms with Crippen molar-refractivity contribution in [2.75, 3.05) is 23.3 Å². The first-order valence-corrected chi connectivity index (χ1v) is 5.40. The molecule has 0 saturated carbocycles. The summed E-state index contributed by atoms with van der Waals surface area (Å²) in [6.07, 6.45) is 0.936. The van der Waals surface area contributed by atoms with Crippen LogP contribution in [0.5, 0.6) is 0 Å². The standard InChI is InChI=1S/C13H14N2O/c1-2-6-13(16)15-10-5-9-14-11-7-3-4-8-12(11)15/h3-4,7-8,14H,5,9-10H2,1H3. The van der Waals surface area contributed by atoms with E-state index in [0.29, 0.717) is 0 Å². The Morgan fingerprint density at radius 2 is 2.25 bits per heavy atom. The van der Waals surface area contributed by atoms with Crippen LogP contribution in [0.2, 0.25) is 0 Å². The molecule has 0 radical (unpaired) electrons. The van der Waals surface area contributed by atoms with E-state index >= 15 is 0 Å². The summed E-state index contributed by atoms with van der Waals surface area (Å²) >= 11 is 0. The molecule has 2 rings (SSSR count). The number of benzene rings is 1. The molecule has 0 spiro atoms. The number of carbonyl (C=O) groups excluding carboxylic acids is 1. The first-order valence-electron chi connectivity index (χ1n) is 5.40. The van der Waals surface area contributed by atoms with E-state index < -0.39 is 0 Å². The van der Waals surface area contributed by atoms with Gasteiger partial charge in [0.25, 0.3) is 0 Å². The molecule has 3 nitrogen and oxygen atoms in total. The molecular weight excluding hydrogens is 200 g/mol. The maximum atomic E-state index is 11.8. The van der Waals surface area contributed by atoms with Gasteiger partial charge in [0, 0.05) is 13.1 Å². The van der Waals surface area contributed by atoms with Crippen molar-refractivity contribution in [1.82, 2.24) is 0 Å². The van der Waals surface area contributed by atoms with Gasteiger partial charge in [0.2, 0.25) is 0 Å². The van der Waals surface area contributed by atoms with Gasteiger partial charge >= 0.3 is 5.91 Å². The summed E-state index contributed by atoms with van der Waals surface area (Å²) in [7, 11) is 0. The van der Waals surface area contributed by atoms with E-state index in [4.69, 9.17) is 0 Å². The molecule has 0 aromatic heterocycles. The number of para-hydroxylation sites is 2. The molecule has 16 heavy (non-hydrogen) atoms. The number of anilines is 2. The number of hydrogen-bond donors (Lipinski definition) is 1. The second kappa shape index (κ2) is 4.71. The molecule has 0 saturated heterocycles. The van der Waals surface area contributed by atoms with Crippen LogP contribution in [0.15, 0.2) is 24.3 Å². The van der Waals surface area contributed by atoms with Crippen LogP contribution >= 0.6 is 0 Å². The smallest absolute Gasteiger partial charge is 0.302 e. The summed E-state index contributed by atoms with van der Waals surface area (Å²) in [4.78, 5) is 13.6. The SMILES string of the molecule is CC#CC(=O)N1CCCNc2ccccc21. The number of amides is 1. The molecule has 0 fully saturated rings. The van der Waals surface area contributed by atoms with Crippen LogP contribution in [0.3, 0.4) is 0 Å². The van der Waals surface area contributed by atoms with Crippen LogP contribution in [-0.4, -0.2) is 19.0 Å². The third-order valence-electron chi connectivity index (χ3n) is 2.55. The van der Waals surface area contributed by atoms with Gasteiger partial charge in [0.15, 0.2) is 0 Å². The Kier molecular flexibility index (Phi) is 3.11. The fourth-order valence-electron chi connectivity index (χ4n) is 1.82. The molecule has 0 bridgehead atoms. The highest BCUT2D eigenvalue weighted by molar-refractivity contribution is 6.07. The van der Waals surface area contributed by atoms with Gasteiger partial charge in [-0.1, -0.05) is 18.1 Å². The lowest BCUT2D eigenvalue weighted by molar-refractivity contribution is -0.113. The van der Waals surface area contributed by atoms with Crippen molar-refractivity contribution in [2.45, 2.75) is 13.3 Å². The van der Waals surface area contributed by atoms with Crippen molar-refractivity contribution < 1.29 is 4.79 Å². The molecule has 1 aromatic carbocycles. The van der Waals surface area contributed by atoms with Gasteiger partial charge in [0.05, 0.1) is 11.4 Å². The third kappa shape index (κ3) is 2.01. The van der Waals surface area contributed by atoms with Gasteiger partial charge in [-0.05, 0) is 31.4 Å². The van der Waals surface area contributed by atoms with Crippen molar-refractivity contribution >= 4 is 17.3 Å². The summed E-state index contributed by atoms with van der Waals surface area (Å²) in [5, 5.41) is 3.31. The van der Waals surface area contributed by atoms with E-state index in [0.717, 1.165) is 30.9 Å². The number of hydrogen-bond acceptors (Lipinski definition) is 2. The molecule has 1 aliphatic rings. The Morgan fingerprint density at radius 1 is 1.44 bits per heavy atom. The second-order valence-corrected chi connectivity index (χ2v) is 3.63. The minimum absolute atomic E-state index is 0.126. The maximum Gasteiger partial charge on any atom is 0.302 e. The molecular formula is C13H14N2O. The van der Waals surface area contributed by atoms with Crippen LogP contribution in [0.25, 0.3) is 0 Å². The van der Waals surface area contributed by atoms with Gasteiger partial charge in [0.1, 0.15) is 0 Å². The van der Waals surface area contributed by atoms with E-state index in [-0.39, 0.29) is 5.91 Å². The molecule has 1 N–H and O–H groups in total. The van der Waals surface area contributed by atoms with Crippen LogP contribution < -0.4 is 10.2 Å². The van der Waals surface area contributed by atoms with Crippen molar-refractivity contribution in [2.24, 2.45) is 0 Å². The molecule has 0 unspecified atom stereocenters. The molecule has 82 valence electrons. The Labute approximate surface area is 95.5 Å². The topological polar surface area (TPSA) is 32.3 Å². The van der Waals surface area contributed by atoms with E-state index in [1.165, 1.54) is 0 Å². The van der Waals surface area contributed by atoms with Crippen LogP contribution in [0, 0.1) is 11.8 Å². The number of rotatable bonds is 0. The fraction of sp³-hybridized carbons (Fsp3) is 0.308. The molecule has 0 atom stereocenters. The predicted octanol–water partition coefficient (Wildman–Crippen LogP) is 1.86. The highest BCUT2D eigenvalue weighted by Crippen LogP contribution is 2.27.